The Morgan fingerprint density at radius 2 is 1.96 bits per heavy atom. The fourth-order valence-electron chi connectivity index (χ4n) is 2.32. The molecule has 0 amide bonds. The lowest BCUT2D eigenvalue weighted by Crippen LogP contribution is -2.11. The van der Waals surface area contributed by atoms with E-state index >= 15 is 0 Å². The number of carbonyl (C=O) groups excluding carboxylic acids is 1. The highest BCUT2D eigenvalue weighted by Crippen LogP contribution is 2.30. The lowest BCUT2D eigenvalue weighted by atomic mass is 10.0. The minimum Gasteiger partial charge on any atom is -0.503 e. The lowest BCUT2D eigenvalue weighted by Gasteiger charge is -2.12. The van der Waals surface area contributed by atoms with Gasteiger partial charge in [0.05, 0.1) is 31.8 Å². The van der Waals surface area contributed by atoms with E-state index < -0.39 is 18.6 Å². The van der Waals surface area contributed by atoms with Gasteiger partial charge in [0, 0.05) is 0 Å². The van der Waals surface area contributed by atoms with E-state index in [-0.39, 0.29) is 23.1 Å². The first kappa shape index (κ1) is 20.8. The number of esters is 1. The Balaban J connectivity index is 2.22. The Bertz CT molecular complexity index is 830. The van der Waals surface area contributed by atoms with Crippen LogP contribution in [0.1, 0.15) is 21.0 Å². The summed E-state index contributed by atoms with van der Waals surface area (Å²) in [4.78, 5) is 16.5. The van der Waals surface area contributed by atoms with E-state index in [1.54, 1.807) is 31.2 Å². The molecule has 1 aromatic heterocycles. The molecule has 5 nitrogen and oxygen atoms in total. The van der Waals surface area contributed by atoms with Crippen molar-refractivity contribution in [1.29, 1.82) is 0 Å². The molecule has 0 bridgehead atoms. The third-order valence-corrected chi connectivity index (χ3v) is 4.41. The number of benzene rings is 1. The van der Waals surface area contributed by atoms with Gasteiger partial charge in [-0.3, -0.25) is 0 Å². The molecule has 9 heteroatoms. The zero-order valence-electron chi connectivity index (χ0n) is 14.9. The molecular formula is C18H18F3NO4S. The van der Waals surface area contributed by atoms with Crippen LogP contribution in [0.5, 0.6) is 5.88 Å². The van der Waals surface area contributed by atoms with E-state index in [4.69, 9.17) is 14.2 Å². The summed E-state index contributed by atoms with van der Waals surface area (Å²) in [6.45, 7) is 1.66. The van der Waals surface area contributed by atoms with E-state index in [0.717, 1.165) is 11.3 Å². The van der Waals surface area contributed by atoms with Crippen LogP contribution < -0.4 is 4.74 Å². The third-order valence-electron chi connectivity index (χ3n) is 3.46. The maximum atomic E-state index is 12.5. The number of thiazole rings is 1. The summed E-state index contributed by atoms with van der Waals surface area (Å²) < 4.78 is 52.9. The number of nitrogens with zero attached hydrogens (tertiary/aromatic N) is 1. The Morgan fingerprint density at radius 3 is 2.59 bits per heavy atom. The van der Waals surface area contributed by atoms with Gasteiger partial charge in [0.2, 0.25) is 5.88 Å². The van der Waals surface area contributed by atoms with Gasteiger partial charge in [-0.2, -0.15) is 13.2 Å². The average molecular weight is 401 g/mol. The smallest absolute Gasteiger partial charge is 0.395 e. The molecule has 2 rings (SSSR count). The number of ether oxygens (including phenoxy) is 3. The number of alkyl halides is 3. The predicted molar refractivity (Wildman–Crippen MR) is 94.4 cm³/mol. The van der Waals surface area contributed by atoms with E-state index in [0.29, 0.717) is 16.0 Å². The van der Waals surface area contributed by atoms with Gasteiger partial charge < -0.3 is 14.2 Å². The molecule has 146 valence electrons. The van der Waals surface area contributed by atoms with Gasteiger partial charge >= 0.3 is 12.1 Å². The van der Waals surface area contributed by atoms with Crippen LogP contribution >= 0.6 is 11.3 Å². The highest BCUT2D eigenvalue weighted by Gasteiger charge is 2.30. The number of rotatable bonds is 7. The van der Waals surface area contributed by atoms with E-state index in [1.807, 2.05) is 0 Å². The molecule has 0 aliphatic heterocycles. The van der Waals surface area contributed by atoms with Crippen LogP contribution in [-0.2, 0) is 27.3 Å². The molecule has 0 N–H and O–H groups in total. The van der Waals surface area contributed by atoms with Gasteiger partial charge in [-0.25, -0.2) is 9.78 Å². The van der Waals surface area contributed by atoms with Crippen LogP contribution in [0, 0.1) is 6.92 Å². The topological polar surface area (TPSA) is 57.7 Å². The second kappa shape index (κ2) is 8.90. The van der Waals surface area contributed by atoms with Crippen LogP contribution in [0.25, 0.3) is 5.57 Å². The molecule has 2 aromatic rings. The van der Waals surface area contributed by atoms with Gasteiger partial charge in [0.1, 0.15) is 17.2 Å². The number of carbonyl (C=O) groups is 1. The maximum Gasteiger partial charge on any atom is 0.395 e. The average Bonchev–Trinajstić information content (AvgIpc) is 2.95. The third kappa shape index (κ3) is 5.72. The maximum absolute atomic E-state index is 12.5. The Morgan fingerprint density at radius 1 is 1.26 bits per heavy atom. The summed E-state index contributed by atoms with van der Waals surface area (Å²) in [5, 5.41) is -0.0576. The lowest BCUT2D eigenvalue weighted by molar-refractivity contribution is -0.133. The number of methoxy groups -OCH3 is 2. The Kier molecular flexibility index (Phi) is 6.84. The predicted octanol–water partition coefficient (Wildman–Crippen LogP) is 4.30. The first-order valence-electron chi connectivity index (χ1n) is 7.80. The number of hydrogen-bond acceptors (Lipinski definition) is 6. The second-order valence-corrected chi connectivity index (χ2v) is 6.75. The summed E-state index contributed by atoms with van der Waals surface area (Å²) in [7, 11) is 2.66. The van der Waals surface area contributed by atoms with Crippen molar-refractivity contribution < 1.29 is 32.2 Å². The van der Waals surface area contributed by atoms with Crippen LogP contribution in [0.4, 0.5) is 13.2 Å². The molecule has 0 aliphatic carbocycles. The van der Waals surface area contributed by atoms with Gasteiger partial charge in [0.15, 0.2) is 0 Å². The van der Waals surface area contributed by atoms with Crippen molar-refractivity contribution in [3.63, 3.8) is 0 Å². The standard InChI is InChI=1S/C18H18F3NO4S/c1-11-16(22-15(27-11)8-18(19,20)21)26-9-12-6-4-5-7-13(12)14(10-24-2)17(23)25-3/h4-7,10H,8-9H2,1-3H3. The van der Waals surface area contributed by atoms with Gasteiger partial charge in [-0.15, -0.1) is 11.3 Å². The molecular weight excluding hydrogens is 383 g/mol. The number of halogens is 3. The van der Waals surface area contributed by atoms with Crippen LogP contribution in [-0.4, -0.2) is 31.3 Å². The Labute approximate surface area is 158 Å². The zero-order chi connectivity index (χ0) is 20.0. The van der Waals surface area contributed by atoms with E-state index in [9.17, 15) is 18.0 Å². The summed E-state index contributed by atoms with van der Waals surface area (Å²) in [6.07, 6.45) is -4.16. The fraction of sp³-hybridized carbons (Fsp3) is 0.333. The van der Waals surface area contributed by atoms with E-state index in [1.165, 1.54) is 20.5 Å². The largest absolute Gasteiger partial charge is 0.503 e. The highest BCUT2D eigenvalue weighted by molar-refractivity contribution is 7.11. The fourth-order valence-corrected chi connectivity index (χ4v) is 3.23. The van der Waals surface area contributed by atoms with Crippen molar-refractivity contribution in [2.24, 2.45) is 0 Å². The summed E-state index contributed by atoms with van der Waals surface area (Å²) in [5.74, 6) is -0.439. The molecule has 0 atom stereocenters. The first-order chi connectivity index (χ1) is 12.7. The summed E-state index contributed by atoms with van der Waals surface area (Å²) in [5.41, 5.74) is 1.37. The van der Waals surface area contributed by atoms with Crippen LogP contribution in [0.2, 0.25) is 0 Å². The molecule has 0 aliphatic rings. The quantitative estimate of drug-likeness (QED) is 0.393. The van der Waals surface area contributed by atoms with Crippen LogP contribution in [0.15, 0.2) is 30.5 Å². The monoisotopic (exact) mass is 401 g/mol. The van der Waals surface area contributed by atoms with Crippen molar-refractivity contribution in [1.82, 2.24) is 4.98 Å². The molecule has 27 heavy (non-hydrogen) atoms. The van der Waals surface area contributed by atoms with Gasteiger partial charge in [-0.1, -0.05) is 24.3 Å². The molecule has 0 radical (unpaired) electrons. The Hall–Kier alpha value is -2.55. The number of aromatic nitrogens is 1. The zero-order valence-corrected chi connectivity index (χ0v) is 15.7. The minimum atomic E-state index is -4.32. The first-order valence-corrected chi connectivity index (χ1v) is 8.62. The second-order valence-electron chi connectivity index (χ2n) is 5.47. The molecule has 0 fully saturated rings. The highest BCUT2D eigenvalue weighted by atomic mass is 32.1. The van der Waals surface area contributed by atoms with E-state index in [2.05, 4.69) is 4.98 Å². The minimum absolute atomic E-state index is 0.0181. The molecule has 0 saturated heterocycles. The molecule has 1 aromatic carbocycles. The van der Waals surface area contributed by atoms with Crippen molar-refractivity contribution in [3.05, 3.63) is 51.5 Å². The molecule has 0 spiro atoms. The van der Waals surface area contributed by atoms with Crippen LogP contribution in [0.3, 0.4) is 0 Å². The van der Waals surface area contributed by atoms with Crippen molar-refractivity contribution in [2.75, 3.05) is 14.2 Å². The summed E-state index contributed by atoms with van der Waals surface area (Å²) in [6, 6.07) is 6.93. The SMILES string of the molecule is COC=C(C(=O)OC)c1ccccc1COc1nc(CC(F)(F)F)sc1C. The van der Waals surface area contributed by atoms with Crippen molar-refractivity contribution >= 4 is 22.9 Å². The summed E-state index contributed by atoms with van der Waals surface area (Å²) >= 11 is 0.942. The normalized spacial score (nSPS) is 12.0. The van der Waals surface area contributed by atoms with Crippen molar-refractivity contribution in [3.8, 4) is 5.88 Å². The molecule has 1 heterocycles. The van der Waals surface area contributed by atoms with Gasteiger partial charge in [-0.05, 0) is 18.1 Å². The molecule has 0 unspecified atom stereocenters. The van der Waals surface area contributed by atoms with Crippen molar-refractivity contribution in [2.45, 2.75) is 26.1 Å². The molecule has 0 saturated carbocycles. The van der Waals surface area contributed by atoms with Gasteiger partial charge in [0.25, 0.3) is 0 Å². The number of aryl methyl sites for hydroxylation is 1. The number of hydrogen-bond donors (Lipinski definition) is 0.